The molecule has 0 atom stereocenters. The zero-order valence-corrected chi connectivity index (χ0v) is 14.1. The first-order valence-corrected chi connectivity index (χ1v) is 7.54. The molecule has 0 fully saturated rings. The molecule has 0 aliphatic rings. The van der Waals surface area contributed by atoms with Crippen molar-refractivity contribution in [2.45, 2.75) is 0 Å². The minimum atomic E-state index is -0.513. The van der Waals surface area contributed by atoms with E-state index in [-0.39, 0.29) is 5.91 Å². The van der Waals surface area contributed by atoms with Gasteiger partial charge in [0.2, 0.25) is 5.88 Å². The van der Waals surface area contributed by atoms with Gasteiger partial charge in [0.25, 0.3) is 5.91 Å². The molecule has 0 spiro atoms. The second-order valence-electron chi connectivity index (χ2n) is 5.36. The van der Waals surface area contributed by atoms with Crippen LogP contribution in [0.1, 0.15) is 20.7 Å². The summed E-state index contributed by atoms with van der Waals surface area (Å²) in [6.07, 6.45) is 0. The van der Waals surface area contributed by atoms with Crippen LogP contribution in [0.4, 0.5) is 5.69 Å². The third kappa shape index (κ3) is 3.03. The number of hydrogen-bond acceptors (Lipinski definition) is 5. The number of amides is 1. The highest BCUT2D eigenvalue weighted by molar-refractivity contribution is 6.09. The molecule has 7 nitrogen and oxygen atoms in total. The highest BCUT2D eigenvalue weighted by Gasteiger charge is 2.16. The van der Waals surface area contributed by atoms with E-state index in [4.69, 9.17) is 9.47 Å². The fourth-order valence-corrected chi connectivity index (χ4v) is 2.63. The predicted molar refractivity (Wildman–Crippen MR) is 93.0 cm³/mol. The molecule has 1 amide bonds. The third-order valence-electron chi connectivity index (χ3n) is 3.82. The van der Waals surface area contributed by atoms with Crippen molar-refractivity contribution in [3.8, 4) is 5.88 Å². The molecular weight excluding hydrogens is 322 g/mol. The van der Waals surface area contributed by atoms with Crippen LogP contribution in [0.2, 0.25) is 0 Å². The van der Waals surface area contributed by atoms with Gasteiger partial charge in [-0.15, -0.1) is 0 Å². The van der Waals surface area contributed by atoms with E-state index < -0.39 is 5.97 Å². The van der Waals surface area contributed by atoms with Gasteiger partial charge < -0.3 is 14.8 Å². The topological polar surface area (TPSA) is 82.5 Å². The first kappa shape index (κ1) is 16.5. The highest BCUT2D eigenvalue weighted by Crippen LogP contribution is 2.26. The third-order valence-corrected chi connectivity index (χ3v) is 3.82. The first-order chi connectivity index (χ1) is 12.0. The van der Waals surface area contributed by atoms with Crippen molar-refractivity contribution < 1.29 is 19.1 Å². The molecule has 25 heavy (non-hydrogen) atoms. The van der Waals surface area contributed by atoms with Crippen LogP contribution in [-0.4, -0.2) is 35.9 Å². The van der Waals surface area contributed by atoms with Crippen LogP contribution in [0.15, 0.2) is 42.5 Å². The number of nitrogens with one attached hydrogen (secondary N) is 1. The molecular formula is C18H17N3O4. The lowest BCUT2D eigenvalue weighted by Gasteiger charge is -2.09. The van der Waals surface area contributed by atoms with Gasteiger partial charge in [-0.2, -0.15) is 5.10 Å². The summed E-state index contributed by atoms with van der Waals surface area (Å²) in [6, 6.07) is 11.8. The molecule has 1 N–H and O–H groups in total. The summed E-state index contributed by atoms with van der Waals surface area (Å²) >= 11 is 0. The van der Waals surface area contributed by atoms with Crippen molar-refractivity contribution in [1.82, 2.24) is 9.78 Å². The maximum atomic E-state index is 12.6. The molecule has 128 valence electrons. The van der Waals surface area contributed by atoms with E-state index in [9.17, 15) is 9.59 Å². The standard InChI is InChI=1S/C18H17N3O4/c1-21-17(24-2)12-9-8-11(10-15(12)20-21)16(22)19-14-7-5-4-6-13(14)18(23)25-3/h4-10H,1-3H3,(H,19,22). The van der Waals surface area contributed by atoms with E-state index in [2.05, 4.69) is 10.4 Å². The Balaban J connectivity index is 1.92. The Morgan fingerprint density at radius 1 is 1.12 bits per heavy atom. The minimum Gasteiger partial charge on any atom is -0.481 e. The van der Waals surface area contributed by atoms with Crippen molar-refractivity contribution >= 4 is 28.5 Å². The number of para-hydroxylation sites is 1. The molecule has 1 aromatic heterocycles. The largest absolute Gasteiger partial charge is 0.481 e. The van der Waals surface area contributed by atoms with Crippen LogP contribution < -0.4 is 10.1 Å². The van der Waals surface area contributed by atoms with Gasteiger partial charge in [0, 0.05) is 12.6 Å². The molecule has 0 radical (unpaired) electrons. The van der Waals surface area contributed by atoms with Crippen LogP contribution in [0.3, 0.4) is 0 Å². The molecule has 0 saturated heterocycles. The molecule has 0 aliphatic carbocycles. The van der Waals surface area contributed by atoms with Gasteiger partial charge in [-0.1, -0.05) is 12.1 Å². The smallest absolute Gasteiger partial charge is 0.339 e. The van der Waals surface area contributed by atoms with Crippen molar-refractivity contribution in [3.63, 3.8) is 0 Å². The van der Waals surface area contributed by atoms with E-state index in [1.807, 2.05) is 0 Å². The molecule has 0 aliphatic heterocycles. The number of rotatable bonds is 4. The van der Waals surface area contributed by atoms with Gasteiger partial charge >= 0.3 is 5.97 Å². The molecule has 7 heteroatoms. The van der Waals surface area contributed by atoms with Gasteiger partial charge in [0.15, 0.2) is 0 Å². The molecule has 0 saturated carbocycles. The number of esters is 1. The monoisotopic (exact) mass is 339 g/mol. The summed E-state index contributed by atoms with van der Waals surface area (Å²) in [7, 11) is 4.63. The zero-order chi connectivity index (χ0) is 18.0. The number of methoxy groups -OCH3 is 2. The Morgan fingerprint density at radius 2 is 1.88 bits per heavy atom. The molecule has 2 aromatic carbocycles. The maximum Gasteiger partial charge on any atom is 0.339 e. The van der Waals surface area contributed by atoms with Gasteiger partial charge in [-0.05, 0) is 30.3 Å². The summed E-state index contributed by atoms with van der Waals surface area (Å²) in [6.45, 7) is 0. The summed E-state index contributed by atoms with van der Waals surface area (Å²) in [4.78, 5) is 24.4. The van der Waals surface area contributed by atoms with E-state index in [1.165, 1.54) is 7.11 Å². The second kappa shape index (κ2) is 6.64. The lowest BCUT2D eigenvalue weighted by atomic mass is 10.1. The Labute approximate surface area is 144 Å². The Bertz CT molecular complexity index is 962. The molecule has 3 aromatic rings. The van der Waals surface area contributed by atoms with Crippen molar-refractivity contribution in [1.29, 1.82) is 0 Å². The fraction of sp³-hybridized carbons (Fsp3) is 0.167. The SMILES string of the molecule is COC(=O)c1ccccc1NC(=O)c1ccc2c(OC)n(C)nc2c1. The number of hydrogen-bond donors (Lipinski definition) is 1. The Kier molecular flexibility index (Phi) is 4.38. The maximum absolute atomic E-state index is 12.6. The number of anilines is 1. The van der Waals surface area contributed by atoms with Crippen LogP contribution in [0.5, 0.6) is 5.88 Å². The first-order valence-electron chi connectivity index (χ1n) is 7.54. The zero-order valence-electron chi connectivity index (χ0n) is 14.1. The summed E-state index contributed by atoms with van der Waals surface area (Å²) < 4.78 is 11.6. The van der Waals surface area contributed by atoms with Gasteiger partial charge in [-0.3, -0.25) is 4.79 Å². The van der Waals surface area contributed by atoms with Crippen LogP contribution in [0.25, 0.3) is 10.9 Å². The van der Waals surface area contributed by atoms with Crippen molar-refractivity contribution in [2.24, 2.45) is 7.05 Å². The lowest BCUT2D eigenvalue weighted by molar-refractivity contribution is 0.0602. The molecule has 3 rings (SSSR count). The van der Waals surface area contributed by atoms with Gasteiger partial charge in [0.05, 0.1) is 36.4 Å². The second-order valence-corrected chi connectivity index (χ2v) is 5.36. The number of ether oxygens (including phenoxy) is 2. The van der Waals surface area contributed by atoms with Crippen molar-refractivity contribution in [2.75, 3.05) is 19.5 Å². The summed E-state index contributed by atoms with van der Waals surface area (Å²) in [5, 5.41) is 7.88. The highest BCUT2D eigenvalue weighted by atomic mass is 16.5. The quantitative estimate of drug-likeness (QED) is 0.739. The fourth-order valence-electron chi connectivity index (χ4n) is 2.63. The number of nitrogens with zero attached hydrogens (tertiary/aromatic N) is 2. The van der Waals surface area contributed by atoms with Gasteiger partial charge in [-0.25, -0.2) is 9.48 Å². The normalized spacial score (nSPS) is 10.5. The molecule has 1 heterocycles. The number of benzene rings is 2. The molecule has 0 bridgehead atoms. The number of carbonyl (C=O) groups excluding carboxylic acids is 2. The van der Waals surface area contributed by atoms with Crippen molar-refractivity contribution in [3.05, 3.63) is 53.6 Å². The number of aryl methyl sites for hydroxylation is 1. The number of fused-ring (bicyclic) bond motifs is 1. The van der Waals surface area contributed by atoms with Gasteiger partial charge in [0.1, 0.15) is 0 Å². The summed E-state index contributed by atoms with van der Waals surface area (Å²) in [5.41, 5.74) is 1.75. The van der Waals surface area contributed by atoms with E-state index in [0.29, 0.717) is 28.2 Å². The molecule has 0 unspecified atom stereocenters. The average molecular weight is 339 g/mol. The number of aromatic nitrogens is 2. The minimum absolute atomic E-state index is 0.291. The lowest BCUT2D eigenvalue weighted by Crippen LogP contribution is -2.15. The Hall–Kier alpha value is -3.35. The van der Waals surface area contributed by atoms with Crippen LogP contribution >= 0.6 is 0 Å². The average Bonchev–Trinajstić information content (AvgIpc) is 2.95. The van der Waals surface area contributed by atoms with Crippen LogP contribution in [-0.2, 0) is 11.8 Å². The van der Waals surface area contributed by atoms with E-state index >= 15 is 0 Å². The van der Waals surface area contributed by atoms with E-state index in [0.717, 1.165) is 5.39 Å². The summed E-state index contributed by atoms with van der Waals surface area (Å²) in [5.74, 6) is -0.235. The van der Waals surface area contributed by atoms with E-state index in [1.54, 1.807) is 61.3 Å². The van der Waals surface area contributed by atoms with Crippen LogP contribution in [0, 0.1) is 0 Å². The number of carbonyl (C=O) groups is 2. The Morgan fingerprint density at radius 3 is 2.60 bits per heavy atom. The predicted octanol–water partition coefficient (Wildman–Crippen LogP) is 2.62.